The second kappa shape index (κ2) is 7.25. The first-order chi connectivity index (χ1) is 14.7. The van der Waals surface area contributed by atoms with E-state index in [2.05, 4.69) is 26.0 Å². The smallest absolute Gasteiger partial charge is 0.255 e. The SMILES string of the molecule is Cn1nnnc1-c1cccc(NC(=O)c2ccc3noc(-c4ccccc4)c3c2)c1. The summed E-state index contributed by atoms with van der Waals surface area (Å²) in [4.78, 5) is 12.9. The van der Waals surface area contributed by atoms with Crippen molar-refractivity contribution in [2.24, 2.45) is 7.05 Å². The fraction of sp³-hybridized carbons (Fsp3) is 0.0455. The average molecular weight is 396 g/mol. The van der Waals surface area contributed by atoms with E-state index in [0.29, 0.717) is 28.4 Å². The average Bonchev–Trinajstić information content (AvgIpc) is 3.40. The van der Waals surface area contributed by atoms with Crippen LogP contribution in [-0.2, 0) is 7.05 Å². The van der Waals surface area contributed by atoms with Crippen molar-refractivity contribution in [3.63, 3.8) is 0 Å². The lowest BCUT2D eigenvalue weighted by Crippen LogP contribution is -2.11. The molecule has 0 fully saturated rings. The topological polar surface area (TPSA) is 98.7 Å². The van der Waals surface area contributed by atoms with Crippen molar-refractivity contribution < 1.29 is 9.32 Å². The lowest BCUT2D eigenvalue weighted by molar-refractivity contribution is 0.102. The molecule has 0 atom stereocenters. The van der Waals surface area contributed by atoms with Gasteiger partial charge >= 0.3 is 0 Å². The molecule has 0 aliphatic rings. The van der Waals surface area contributed by atoms with E-state index in [4.69, 9.17) is 4.52 Å². The number of carbonyl (C=O) groups is 1. The second-order valence-corrected chi connectivity index (χ2v) is 6.77. The highest BCUT2D eigenvalue weighted by Crippen LogP contribution is 2.29. The van der Waals surface area contributed by atoms with Crippen LogP contribution in [0.1, 0.15) is 10.4 Å². The minimum Gasteiger partial charge on any atom is -0.355 e. The number of nitrogens with one attached hydrogen (secondary N) is 1. The van der Waals surface area contributed by atoms with Crippen molar-refractivity contribution >= 4 is 22.5 Å². The lowest BCUT2D eigenvalue weighted by atomic mass is 10.1. The fourth-order valence-corrected chi connectivity index (χ4v) is 3.29. The maximum atomic E-state index is 12.9. The van der Waals surface area contributed by atoms with E-state index >= 15 is 0 Å². The van der Waals surface area contributed by atoms with Gasteiger partial charge in [0, 0.05) is 29.4 Å². The number of nitrogens with zero attached hydrogens (tertiary/aromatic N) is 5. The van der Waals surface area contributed by atoms with Crippen LogP contribution in [0.2, 0.25) is 0 Å². The molecule has 2 heterocycles. The Morgan fingerprint density at radius 3 is 2.60 bits per heavy atom. The summed E-state index contributed by atoms with van der Waals surface area (Å²) in [6, 6.07) is 22.4. The van der Waals surface area contributed by atoms with Crippen LogP contribution in [0, 0.1) is 0 Å². The summed E-state index contributed by atoms with van der Waals surface area (Å²) in [6.07, 6.45) is 0. The third-order valence-corrected chi connectivity index (χ3v) is 4.77. The van der Waals surface area contributed by atoms with Gasteiger partial charge in [-0.3, -0.25) is 4.79 Å². The minimum absolute atomic E-state index is 0.231. The van der Waals surface area contributed by atoms with Crippen LogP contribution >= 0.6 is 0 Å². The highest BCUT2D eigenvalue weighted by molar-refractivity contribution is 6.07. The summed E-state index contributed by atoms with van der Waals surface area (Å²) >= 11 is 0. The van der Waals surface area contributed by atoms with Gasteiger partial charge in [0.25, 0.3) is 5.91 Å². The van der Waals surface area contributed by atoms with Crippen molar-refractivity contribution in [1.29, 1.82) is 0 Å². The normalized spacial score (nSPS) is 11.0. The molecule has 0 bridgehead atoms. The molecule has 146 valence electrons. The molecule has 0 aliphatic heterocycles. The molecule has 1 N–H and O–H groups in total. The molecule has 2 aromatic heterocycles. The van der Waals surface area contributed by atoms with Gasteiger partial charge in [0.05, 0.1) is 5.39 Å². The maximum Gasteiger partial charge on any atom is 0.255 e. The molecule has 0 spiro atoms. The number of rotatable bonds is 4. The van der Waals surface area contributed by atoms with Gasteiger partial charge in [-0.05, 0) is 40.8 Å². The van der Waals surface area contributed by atoms with Crippen LogP contribution in [0.4, 0.5) is 5.69 Å². The molecule has 0 unspecified atom stereocenters. The van der Waals surface area contributed by atoms with E-state index in [1.54, 1.807) is 29.9 Å². The van der Waals surface area contributed by atoms with Gasteiger partial charge in [-0.25, -0.2) is 4.68 Å². The Balaban J connectivity index is 1.45. The number of fused-ring (bicyclic) bond motifs is 1. The van der Waals surface area contributed by atoms with Gasteiger partial charge < -0.3 is 9.84 Å². The highest BCUT2D eigenvalue weighted by Gasteiger charge is 2.15. The fourth-order valence-electron chi connectivity index (χ4n) is 3.29. The number of hydrogen-bond donors (Lipinski definition) is 1. The zero-order valence-corrected chi connectivity index (χ0v) is 16.0. The first-order valence-corrected chi connectivity index (χ1v) is 9.28. The van der Waals surface area contributed by atoms with Gasteiger partial charge in [-0.15, -0.1) is 5.10 Å². The number of carbonyl (C=O) groups excluding carboxylic acids is 1. The van der Waals surface area contributed by atoms with E-state index < -0.39 is 0 Å². The molecule has 0 saturated carbocycles. The summed E-state index contributed by atoms with van der Waals surface area (Å²) in [5.41, 5.74) is 3.56. The standard InChI is InChI=1S/C22H16N6O2/c1-28-21(24-26-27-28)15-8-5-9-17(12-15)23-22(29)16-10-11-19-18(13-16)20(30-25-19)14-6-3-2-4-7-14/h2-13H,1H3,(H,23,29). The number of amides is 1. The Kier molecular flexibility index (Phi) is 4.29. The summed E-state index contributed by atoms with van der Waals surface area (Å²) in [7, 11) is 1.76. The Morgan fingerprint density at radius 1 is 0.967 bits per heavy atom. The van der Waals surface area contributed by atoms with Crippen LogP contribution in [0.25, 0.3) is 33.6 Å². The Morgan fingerprint density at radius 2 is 1.80 bits per heavy atom. The van der Waals surface area contributed by atoms with E-state index in [-0.39, 0.29) is 5.91 Å². The quantitative estimate of drug-likeness (QED) is 0.494. The maximum absolute atomic E-state index is 12.9. The van der Waals surface area contributed by atoms with Gasteiger partial charge in [0.15, 0.2) is 11.6 Å². The Bertz CT molecular complexity index is 1360. The van der Waals surface area contributed by atoms with Crippen molar-refractivity contribution in [1.82, 2.24) is 25.4 Å². The zero-order valence-electron chi connectivity index (χ0n) is 16.0. The monoisotopic (exact) mass is 396 g/mol. The Hall–Kier alpha value is -4.33. The van der Waals surface area contributed by atoms with Gasteiger partial charge in [-0.2, -0.15) is 0 Å². The molecule has 30 heavy (non-hydrogen) atoms. The summed E-state index contributed by atoms with van der Waals surface area (Å²) < 4.78 is 7.09. The zero-order chi connectivity index (χ0) is 20.5. The second-order valence-electron chi connectivity index (χ2n) is 6.77. The van der Waals surface area contributed by atoms with Crippen LogP contribution in [-0.4, -0.2) is 31.3 Å². The summed E-state index contributed by atoms with van der Waals surface area (Å²) in [5, 5.41) is 19.3. The molecule has 5 rings (SSSR count). The lowest BCUT2D eigenvalue weighted by Gasteiger charge is -2.07. The number of hydrogen-bond acceptors (Lipinski definition) is 6. The van der Waals surface area contributed by atoms with Gasteiger partial charge in [-0.1, -0.05) is 47.6 Å². The van der Waals surface area contributed by atoms with E-state index in [9.17, 15) is 4.79 Å². The molecule has 0 radical (unpaired) electrons. The molecule has 0 saturated heterocycles. The van der Waals surface area contributed by atoms with Crippen molar-refractivity contribution in [2.45, 2.75) is 0 Å². The van der Waals surface area contributed by atoms with Crippen LogP contribution in [0.3, 0.4) is 0 Å². The molecule has 0 aliphatic carbocycles. The number of aromatic nitrogens is 5. The predicted octanol–water partition coefficient (Wildman–Crippen LogP) is 3.94. The highest BCUT2D eigenvalue weighted by atomic mass is 16.5. The first-order valence-electron chi connectivity index (χ1n) is 9.28. The molecule has 3 aromatic carbocycles. The number of tetrazole rings is 1. The van der Waals surface area contributed by atoms with Crippen LogP contribution in [0.5, 0.6) is 0 Å². The van der Waals surface area contributed by atoms with Crippen molar-refractivity contribution in [3.8, 4) is 22.7 Å². The number of aryl methyl sites for hydroxylation is 1. The number of benzene rings is 3. The first kappa shape index (κ1) is 17.7. The third kappa shape index (κ3) is 3.20. The molecule has 8 nitrogen and oxygen atoms in total. The van der Waals surface area contributed by atoms with Crippen LogP contribution in [0.15, 0.2) is 77.3 Å². The largest absolute Gasteiger partial charge is 0.355 e. The van der Waals surface area contributed by atoms with Gasteiger partial charge in [0.2, 0.25) is 0 Å². The Labute approximate surface area is 171 Å². The summed E-state index contributed by atoms with van der Waals surface area (Å²) in [6.45, 7) is 0. The van der Waals surface area contributed by atoms with Gasteiger partial charge in [0.1, 0.15) is 5.52 Å². The molecular formula is C22H16N6O2. The van der Waals surface area contributed by atoms with Crippen molar-refractivity contribution in [2.75, 3.05) is 5.32 Å². The van der Waals surface area contributed by atoms with E-state index in [0.717, 1.165) is 16.5 Å². The molecule has 5 aromatic rings. The molecular weight excluding hydrogens is 380 g/mol. The molecule has 1 amide bonds. The predicted molar refractivity (Wildman–Crippen MR) is 112 cm³/mol. The number of anilines is 1. The third-order valence-electron chi connectivity index (χ3n) is 4.77. The molecule has 8 heteroatoms. The summed E-state index contributed by atoms with van der Waals surface area (Å²) in [5.74, 6) is 1.02. The minimum atomic E-state index is -0.231. The van der Waals surface area contributed by atoms with Crippen molar-refractivity contribution in [3.05, 3.63) is 78.4 Å². The van der Waals surface area contributed by atoms with E-state index in [1.807, 2.05) is 54.6 Å². The van der Waals surface area contributed by atoms with Crippen LogP contribution < -0.4 is 5.32 Å². The van der Waals surface area contributed by atoms with E-state index in [1.165, 1.54) is 0 Å².